The molecule has 1 fully saturated rings. The van der Waals surface area contributed by atoms with Crippen molar-refractivity contribution in [2.75, 3.05) is 0 Å². The number of hydrogen-bond acceptors (Lipinski definition) is 0. The summed E-state index contributed by atoms with van der Waals surface area (Å²) in [5.74, 6) is 0.891. The normalized spacial score (nSPS) is 18.9. The van der Waals surface area contributed by atoms with Crippen LogP contribution < -0.4 is 0 Å². The Hall–Kier alpha value is -0.0100. The van der Waals surface area contributed by atoms with E-state index in [-0.39, 0.29) is 0 Å². The van der Waals surface area contributed by atoms with E-state index in [2.05, 4.69) is 28.1 Å². The van der Waals surface area contributed by atoms with Crippen LogP contribution in [0.4, 0.5) is 0 Å². The molecule has 2 rings (SSSR count). The highest BCUT2D eigenvalue weighted by molar-refractivity contribution is 9.09. The van der Waals surface area contributed by atoms with Crippen LogP contribution in [0.5, 0.6) is 0 Å². The molecule has 0 radical (unpaired) electrons. The van der Waals surface area contributed by atoms with E-state index in [0.717, 1.165) is 17.4 Å². The number of rotatable bonds is 4. The van der Waals surface area contributed by atoms with Crippen molar-refractivity contribution in [1.82, 2.24) is 0 Å². The molecule has 1 aliphatic carbocycles. The van der Waals surface area contributed by atoms with Crippen LogP contribution in [0.3, 0.4) is 0 Å². The molecule has 0 bridgehead atoms. The molecule has 1 aromatic rings. The van der Waals surface area contributed by atoms with Crippen molar-refractivity contribution in [3.05, 3.63) is 34.9 Å². The van der Waals surface area contributed by atoms with Crippen LogP contribution in [0.25, 0.3) is 0 Å². The van der Waals surface area contributed by atoms with E-state index in [0.29, 0.717) is 4.83 Å². The van der Waals surface area contributed by atoms with Crippen molar-refractivity contribution in [2.24, 2.45) is 5.92 Å². The summed E-state index contributed by atoms with van der Waals surface area (Å²) < 4.78 is 0. The molecule has 1 aliphatic rings. The zero-order chi connectivity index (χ0) is 11.4. The molecule has 0 nitrogen and oxygen atoms in total. The Kier molecular flexibility index (Phi) is 4.72. The average Bonchev–Trinajstić information content (AvgIpc) is 2.81. The molecule has 0 heterocycles. The van der Waals surface area contributed by atoms with Crippen molar-refractivity contribution in [3.8, 4) is 0 Å². The van der Waals surface area contributed by atoms with Crippen molar-refractivity contribution < 1.29 is 0 Å². The maximum Gasteiger partial charge on any atom is 0.0437 e. The molecule has 1 aromatic carbocycles. The zero-order valence-corrected chi connectivity index (χ0v) is 11.8. The fourth-order valence-electron chi connectivity index (χ4n) is 2.55. The lowest BCUT2D eigenvalue weighted by atomic mass is 9.98. The number of halogens is 2. The molecule has 1 saturated carbocycles. The summed E-state index contributed by atoms with van der Waals surface area (Å²) >= 11 is 10.00. The third-order valence-electron chi connectivity index (χ3n) is 3.56. The lowest BCUT2D eigenvalue weighted by Crippen LogP contribution is -2.11. The molecule has 0 N–H and O–H groups in total. The fourth-order valence-corrected chi connectivity index (χ4v) is 3.54. The SMILES string of the molecule is Clc1ccccc1CCC(Br)C1CCCC1. The second-order valence-electron chi connectivity index (χ2n) is 4.69. The van der Waals surface area contributed by atoms with Crippen LogP contribution in [0.15, 0.2) is 24.3 Å². The number of hydrogen-bond donors (Lipinski definition) is 0. The van der Waals surface area contributed by atoms with Gasteiger partial charge in [-0.3, -0.25) is 0 Å². The summed E-state index contributed by atoms with van der Waals surface area (Å²) in [5, 5.41) is 0.911. The van der Waals surface area contributed by atoms with E-state index < -0.39 is 0 Å². The number of benzene rings is 1. The van der Waals surface area contributed by atoms with E-state index in [1.165, 1.54) is 37.7 Å². The molecular formula is C14H18BrCl. The van der Waals surface area contributed by atoms with Gasteiger partial charge in [0.25, 0.3) is 0 Å². The van der Waals surface area contributed by atoms with Crippen LogP contribution >= 0.6 is 27.5 Å². The molecule has 0 aliphatic heterocycles. The van der Waals surface area contributed by atoms with Gasteiger partial charge in [0.05, 0.1) is 0 Å². The molecule has 2 heteroatoms. The van der Waals surface area contributed by atoms with Gasteiger partial charge in [0, 0.05) is 9.85 Å². The van der Waals surface area contributed by atoms with Crippen molar-refractivity contribution in [1.29, 1.82) is 0 Å². The van der Waals surface area contributed by atoms with Gasteiger partial charge in [0.15, 0.2) is 0 Å². The molecule has 16 heavy (non-hydrogen) atoms. The largest absolute Gasteiger partial charge is 0.0888 e. The molecule has 0 aromatic heterocycles. The Morgan fingerprint density at radius 2 is 1.94 bits per heavy atom. The highest BCUT2D eigenvalue weighted by atomic mass is 79.9. The minimum absolute atomic E-state index is 0.672. The third kappa shape index (κ3) is 3.24. The van der Waals surface area contributed by atoms with Gasteiger partial charge in [-0.25, -0.2) is 0 Å². The van der Waals surface area contributed by atoms with Gasteiger partial charge in [0.2, 0.25) is 0 Å². The standard InChI is InChI=1S/C14H18BrCl/c15-13(11-5-1-2-6-11)10-9-12-7-3-4-8-14(12)16/h3-4,7-8,11,13H,1-2,5-6,9-10H2. The van der Waals surface area contributed by atoms with Crippen molar-refractivity contribution >= 4 is 27.5 Å². The Morgan fingerprint density at radius 3 is 2.62 bits per heavy atom. The van der Waals surface area contributed by atoms with Gasteiger partial charge in [-0.15, -0.1) is 0 Å². The van der Waals surface area contributed by atoms with Gasteiger partial charge in [-0.05, 0) is 43.2 Å². The Labute approximate surface area is 112 Å². The Morgan fingerprint density at radius 1 is 1.25 bits per heavy atom. The quantitative estimate of drug-likeness (QED) is 0.668. The molecule has 0 saturated heterocycles. The Bertz CT molecular complexity index is 331. The smallest absolute Gasteiger partial charge is 0.0437 e. The molecule has 1 unspecified atom stereocenters. The first-order chi connectivity index (χ1) is 7.77. The second kappa shape index (κ2) is 6.07. The van der Waals surface area contributed by atoms with Gasteiger partial charge in [-0.1, -0.05) is 58.6 Å². The lowest BCUT2D eigenvalue weighted by Gasteiger charge is -2.17. The molecular weight excluding hydrogens is 284 g/mol. The van der Waals surface area contributed by atoms with Crippen molar-refractivity contribution in [2.45, 2.75) is 43.4 Å². The summed E-state index contributed by atoms with van der Waals surface area (Å²) in [7, 11) is 0. The van der Waals surface area contributed by atoms with E-state index in [4.69, 9.17) is 11.6 Å². The molecule has 88 valence electrons. The maximum atomic E-state index is 6.15. The zero-order valence-electron chi connectivity index (χ0n) is 9.46. The molecule has 1 atom stereocenters. The number of alkyl halides is 1. The van der Waals surface area contributed by atoms with E-state index in [1.807, 2.05) is 12.1 Å². The second-order valence-corrected chi connectivity index (χ2v) is 6.27. The summed E-state index contributed by atoms with van der Waals surface area (Å²) in [5.41, 5.74) is 1.28. The highest BCUT2D eigenvalue weighted by Crippen LogP contribution is 2.34. The van der Waals surface area contributed by atoms with E-state index in [9.17, 15) is 0 Å². The van der Waals surface area contributed by atoms with Gasteiger partial charge in [-0.2, -0.15) is 0 Å². The average molecular weight is 302 g/mol. The first-order valence-electron chi connectivity index (χ1n) is 6.15. The van der Waals surface area contributed by atoms with Crippen LogP contribution in [0.2, 0.25) is 5.02 Å². The third-order valence-corrected chi connectivity index (χ3v) is 5.13. The van der Waals surface area contributed by atoms with Crippen molar-refractivity contribution in [3.63, 3.8) is 0 Å². The first-order valence-corrected chi connectivity index (χ1v) is 7.44. The van der Waals surface area contributed by atoms with Gasteiger partial charge >= 0.3 is 0 Å². The summed E-state index contributed by atoms with van der Waals surface area (Å²) in [6.07, 6.45) is 7.93. The van der Waals surface area contributed by atoms with Crippen LogP contribution in [-0.4, -0.2) is 4.83 Å². The molecule has 0 spiro atoms. The Balaban J connectivity index is 1.84. The summed E-state index contributed by atoms with van der Waals surface area (Å²) in [6.45, 7) is 0. The lowest BCUT2D eigenvalue weighted by molar-refractivity contribution is 0.506. The highest BCUT2D eigenvalue weighted by Gasteiger charge is 2.22. The topological polar surface area (TPSA) is 0 Å². The van der Waals surface area contributed by atoms with E-state index in [1.54, 1.807) is 0 Å². The van der Waals surface area contributed by atoms with Crippen LogP contribution in [0.1, 0.15) is 37.7 Å². The predicted octanol–water partition coefficient (Wildman–Crippen LogP) is 5.23. The first kappa shape index (κ1) is 12.4. The molecule has 0 amide bonds. The summed E-state index contributed by atoms with van der Waals surface area (Å²) in [6, 6.07) is 8.18. The minimum Gasteiger partial charge on any atom is -0.0888 e. The van der Waals surface area contributed by atoms with Crippen LogP contribution in [0, 0.1) is 5.92 Å². The monoisotopic (exact) mass is 300 g/mol. The fraction of sp³-hybridized carbons (Fsp3) is 0.571. The van der Waals surface area contributed by atoms with Gasteiger partial charge < -0.3 is 0 Å². The number of aryl methyl sites for hydroxylation is 1. The van der Waals surface area contributed by atoms with E-state index >= 15 is 0 Å². The van der Waals surface area contributed by atoms with Gasteiger partial charge in [0.1, 0.15) is 0 Å². The summed E-state index contributed by atoms with van der Waals surface area (Å²) in [4.78, 5) is 0.672. The maximum absolute atomic E-state index is 6.15. The van der Waals surface area contributed by atoms with Crippen LogP contribution in [-0.2, 0) is 6.42 Å². The minimum atomic E-state index is 0.672. The predicted molar refractivity (Wildman–Crippen MR) is 74.4 cm³/mol.